The minimum absolute atomic E-state index is 0.141. The van der Waals surface area contributed by atoms with Crippen molar-refractivity contribution in [2.75, 3.05) is 6.61 Å². The van der Waals surface area contributed by atoms with Crippen LogP contribution in [0.2, 0.25) is 0 Å². The van der Waals surface area contributed by atoms with Gasteiger partial charge in [-0.3, -0.25) is 0 Å². The van der Waals surface area contributed by atoms with Gasteiger partial charge in [-0.05, 0) is 28.9 Å². The van der Waals surface area contributed by atoms with E-state index in [-0.39, 0.29) is 12.7 Å². The largest absolute Gasteiger partial charge is 0.462 e. The molecule has 1 heterocycles. The maximum absolute atomic E-state index is 12.8. The Hall–Kier alpha value is -1.25. The minimum atomic E-state index is -4.98. The molecule has 9 heteroatoms. The van der Waals surface area contributed by atoms with E-state index in [4.69, 9.17) is 0 Å². The molecular weight excluding hydrogens is 341 g/mol. The molecule has 0 N–H and O–H groups in total. The van der Waals surface area contributed by atoms with E-state index in [1.54, 1.807) is 0 Å². The molecule has 1 aromatic rings. The zero-order valence-corrected chi connectivity index (χ0v) is 11.0. The molecule has 0 amide bonds. The Morgan fingerprint density at radius 2 is 2.05 bits per heavy atom. The lowest BCUT2D eigenvalue weighted by atomic mass is 10.1. The number of ether oxygens (including phenoxy) is 1. The summed E-state index contributed by atoms with van der Waals surface area (Å²) in [5.41, 5.74) is -3.51. The lowest BCUT2D eigenvalue weighted by molar-refractivity contribution is -0.138. The summed E-state index contributed by atoms with van der Waals surface area (Å²) in [5, 5.41) is 0. The summed E-state index contributed by atoms with van der Waals surface area (Å²) >= 11 is 2.58. The maximum atomic E-state index is 12.8. The fourth-order valence-corrected chi connectivity index (χ4v) is 1.85. The second-order valence-electron chi connectivity index (χ2n) is 3.28. The van der Waals surface area contributed by atoms with Crippen LogP contribution in [0.25, 0.3) is 0 Å². The number of esters is 1. The number of halogens is 6. The molecule has 0 bridgehead atoms. The van der Waals surface area contributed by atoms with Crippen molar-refractivity contribution in [3.63, 3.8) is 0 Å². The van der Waals surface area contributed by atoms with Crippen molar-refractivity contribution in [2.45, 2.75) is 19.5 Å². The van der Waals surface area contributed by atoms with Crippen LogP contribution in [0.1, 0.15) is 35.0 Å². The molecule has 106 valence electrons. The molecule has 0 aliphatic rings. The molecule has 0 radical (unpaired) electrons. The zero-order chi connectivity index (χ0) is 14.8. The van der Waals surface area contributed by atoms with Gasteiger partial charge in [-0.25, -0.2) is 18.6 Å². The van der Waals surface area contributed by atoms with E-state index in [9.17, 15) is 26.7 Å². The zero-order valence-electron chi connectivity index (χ0n) is 9.39. The lowest BCUT2D eigenvalue weighted by Crippen LogP contribution is -2.18. The second-order valence-corrected chi connectivity index (χ2v) is 4.03. The first-order chi connectivity index (χ1) is 8.68. The minimum Gasteiger partial charge on any atom is -0.462 e. The summed E-state index contributed by atoms with van der Waals surface area (Å²) in [7, 11) is 0. The number of alkyl halides is 5. The number of aromatic nitrogens is 1. The molecule has 0 aliphatic heterocycles. The van der Waals surface area contributed by atoms with Crippen LogP contribution in [0, 0.1) is 0 Å². The van der Waals surface area contributed by atoms with Crippen molar-refractivity contribution >= 4 is 21.9 Å². The molecule has 1 aromatic heterocycles. The summed E-state index contributed by atoms with van der Waals surface area (Å²) < 4.78 is 67.0. The van der Waals surface area contributed by atoms with E-state index >= 15 is 0 Å². The third kappa shape index (κ3) is 3.62. The predicted molar refractivity (Wildman–Crippen MR) is 57.9 cm³/mol. The van der Waals surface area contributed by atoms with Crippen molar-refractivity contribution in [2.24, 2.45) is 0 Å². The number of rotatable bonds is 3. The first-order valence-electron chi connectivity index (χ1n) is 4.91. The molecule has 3 nitrogen and oxygen atoms in total. The molecule has 0 atom stereocenters. The van der Waals surface area contributed by atoms with E-state index in [2.05, 4.69) is 25.7 Å². The molecule has 0 fully saturated rings. The van der Waals surface area contributed by atoms with E-state index in [0.717, 1.165) is 0 Å². The number of carbonyl (C=O) groups excluding carboxylic acids is 1. The fourth-order valence-electron chi connectivity index (χ4n) is 1.27. The summed E-state index contributed by atoms with van der Waals surface area (Å²) in [6.45, 7) is 1.25. The monoisotopic (exact) mass is 347 g/mol. The van der Waals surface area contributed by atoms with Gasteiger partial charge in [-0.1, -0.05) is 0 Å². The van der Waals surface area contributed by atoms with Crippen molar-refractivity contribution in [1.29, 1.82) is 0 Å². The molecule has 0 spiro atoms. The average molecular weight is 348 g/mol. The highest BCUT2D eigenvalue weighted by molar-refractivity contribution is 9.10. The van der Waals surface area contributed by atoms with Gasteiger partial charge >= 0.3 is 12.1 Å². The quantitative estimate of drug-likeness (QED) is 0.471. The molecule has 0 aromatic carbocycles. The maximum Gasteiger partial charge on any atom is 0.417 e. The van der Waals surface area contributed by atoms with Crippen LogP contribution in [-0.2, 0) is 10.9 Å². The predicted octanol–water partition coefficient (Wildman–Crippen LogP) is 3.98. The molecule has 1 rings (SSSR count). The van der Waals surface area contributed by atoms with Crippen molar-refractivity contribution in [1.82, 2.24) is 4.98 Å². The average Bonchev–Trinajstić information content (AvgIpc) is 2.26. The fraction of sp³-hybridized carbons (Fsp3) is 0.400. The molecule has 0 saturated carbocycles. The third-order valence-corrected chi connectivity index (χ3v) is 2.58. The number of hydrogen-bond acceptors (Lipinski definition) is 3. The molecule has 19 heavy (non-hydrogen) atoms. The van der Waals surface area contributed by atoms with Crippen LogP contribution in [0.5, 0.6) is 0 Å². The summed E-state index contributed by atoms with van der Waals surface area (Å²) in [6, 6.07) is 0.141. The SMILES string of the molecule is CCOC(=O)c1c(C(F)(F)F)cc(C(F)F)nc1Br. The first-order valence-corrected chi connectivity index (χ1v) is 5.70. The van der Waals surface area contributed by atoms with Gasteiger partial charge < -0.3 is 4.74 Å². The van der Waals surface area contributed by atoms with Crippen molar-refractivity contribution in [3.05, 3.63) is 27.5 Å². The van der Waals surface area contributed by atoms with Gasteiger partial charge in [-0.2, -0.15) is 13.2 Å². The van der Waals surface area contributed by atoms with Crippen LogP contribution >= 0.6 is 15.9 Å². The third-order valence-electron chi connectivity index (χ3n) is 2.00. The van der Waals surface area contributed by atoms with E-state index in [1.165, 1.54) is 6.92 Å². The smallest absolute Gasteiger partial charge is 0.417 e. The van der Waals surface area contributed by atoms with Crippen LogP contribution in [0.15, 0.2) is 10.7 Å². The van der Waals surface area contributed by atoms with Gasteiger partial charge in [0, 0.05) is 0 Å². The number of pyridine rings is 1. The van der Waals surface area contributed by atoms with Gasteiger partial charge in [0.15, 0.2) is 0 Å². The molecule has 0 aliphatic carbocycles. The van der Waals surface area contributed by atoms with Crippen molar-refractivity contribution in [3.8, 4) is 0 Å². The standard InChI is InChI=1S/C10H7BrF5NO2/c1-2-19-9(18)6-4(10(14,15)16)3-5(8(12)13)17-7(6)11/h3,8H,2H2,1H3. The first kappa shape index (κ1) is 15.8. The number of carbonyl (C=O) groups is 1. The van der Waals surface area contributed by atoms with E-state index in [1.807, 2.05) is 0 Å². The Morgan fingerprint density at radius 1 is 1.47 bits per heavy atom. The summed E-state index contributed by atoms with van der Waals surface area (Å²) in [6.07, 6.45) is -8.16. The van der Waals surface area contributed by atoms with Gasteiger partial charge in [0.05, 0.1) is 12.2 Å². The van der Waals surface area contributed by atoms with Crippen LogP contribution in [0.4, 0.5) is 22.0 Å². The Balaban J connectivity index is 3.48. The van der Waals surface area contributed by atoms with Crippen LogP contribution in [0.3, 0.4) is 0 Å². The highest BCUT2D eigenvalue weighted by Crippen LogP contribution is 2.37. The Labute approximate surface area is 112 Å². The van der Waals surface area contributed by atoms with E-state index in [0.29, 0.717) is 0 Å². The summed E-state index contributed by atoms with van der Waals surface area (Å²) in [5.74, 6) is -1.28. The Kier molecular flexibility index (Phi) is 4.83. The van der Waals surface area contributed by atoms with Gasteiger partial charge in [-0.15, -0.1) is 0 Å². The highest BCUT2D eigenvalue weighted by Gasteiger charge is 2.38. The highest BCUT2D eigenvalue weighted by atomic mass is 79.9. The van der Waals surface area contributed by atoms with Gasteiger partial charge in [0.2, 0.25) is 0 Å². The van der Waals surface area contributed by atoms with Gasteiger partial charge in [0.1, 0.15) is 15.9 Å². The summed E-state index contributed by atoms with van der Waals surface area (Å²) in [4.78, 5) is 14.7. The molecular formula is C10H7BrF5NO2. The lowest BCUT2D eigenvalue weighted by Gasteiger charge is -2.14. The van der Waals surface area contributed by atoms with Gasteiger partial charge in [0.25, 0.3) is 6.43 Å². The Morgan fingerprint density at radius 3 is 2.47 bits per heavy atom. The second kappa shape index (κ2) is 5.81. The van der Waals surface area contributed by atoms with Crippen molar-refractivity contribution < 1.29 is 31.5 Å². The molecule has 0 unspecified atom stereocenters. The topological polar surface area (TPSA) is 39.2 Å². The number of nitrogens with zero attached hydrogens (tertiary/aromatic N) is 1. The normalized spacial score (nSPS) is 11.8. The molecule has 0 saturated heterocycles. The van der Waals surface area contributed by atoms with Crippen LogP contribution in [-0.4, -0.2) is 17.6 Å². The van der Waals surface area contributed by atoms with Crippen LogP contribution < -0.4 is 0 Å². The Bertz CT molecular complexity index is 490. The van der Waals surface area contributed by atoms with E-state index < -0.39 is 40.0 Å². The number of hydrogen-bond donors (Lipinski definition) is 0.